The van der Waals surface area contributed by atoms with E-state index in [9.17, 15) is 13.2 Å². The number of nitrogens with one attached hydrogen (secondary N) is 1. The number of halogens is 3. The zero-order valence-corrected chi connectivity index (χ0v) is 18.6. The SMILES string of the molecule is COCc1nc(NCC(N)Cc2ccc(C(F)(F)F)cc2)sc1-c1ccc2cnccc2n1. The number of aromatic nitrogens is 3. The highest BCUT2D eigenvalue weighted by molar-refractivity contribution is 7.19. The van der Waals surface area contributed by atoms with Crippen LogP contribution in [-0.4, -0.2) is 34.6 Å². The van der Waals surface area contributed by atoms with E-state index in [-0.39, 0.29) is 6.04 Å². The van der Waals surface area contributed by atoms with E-state index in [0.717, 1.165) is 44.9 Å². The predicted molar refractivity (Wildman–Crippen MR) is 123 cm³/mol. The summed E-state index contributed by atoms with van der Waals surface area (Å²) in [7, 11) is 1.61. The number of hydrogen-bond acceptors (Lipinski definition) is 7. The first kappa shape index (κ1) is 23.1. The van der Waals surface area contributed by atoms with Gasteiger partial charge in [-0.25, -0.2) is 9.97 Å². The van der Waals surface area contributed by atoms with E-state index in [0.29, 0.717) is 24.7 Å². The predicted octanol–water partition coefficient (Wildman–Crippen LogP) is 4.90. The van der Waals surface area contributed by atoms with Crippen LogP contribution in [0.4, 0.5) is 18.3 Å². The molecular formula is C23H22F3N5OS. The summed E-state index contributed by atoms with van der Waals surface area (Å²) in [6, 6.07) is 10.5. The number of pyridine rings is 2. The molecule has 0 radical (unpaired) electrons. The second-order valence-corrected chi connectivity index (χ2v) is 8.53. The first-order chi connectivity index (χ1) is 15.8. The lowest BCUT2D eigenvalue weighted by Crippen LogP contribution is -2.31. The standard InChI is InChI=1S/C23H22F3N5OS/c1-32-13-20-21(19-7-4-15-11-28-9-8-18(15)30-19)33-22(31-20)29-12-17(27)10-14-2-5-16(6-3-14)23(24,25)26/h2-9,11,17H,10,12-13,27H2,1H3,(H,29,31). The van der Waals surface area contributed by atoms with Crippen molar-refractivity contribution in [2.24, 2.45) is 5.73 Å². The third-order valence-corrected chi connectivity index (χ3v) is 6.07. The Morgan fingerprint density at radius 2 is 1.88 bits per heavy atom. The zero-order valence-electron chi connectivity index (χ0n) is 17.8. The molecular weight excluding hydrogens is 451 g/mol. The number of ether oxygens (including phenoxy) is 1. The average Bonchev–Trinajstić information content (AvgIpc) is 3.20. The van der Waals surface area contributed by atoms with Crippen molar-refractivity contribution in [1.82, 2.24) is 15.0 Å². The number of anilines is 1. The molecule has 0 spiro atoms. The van der Waals surface area contributed by atoms with Crippen LogP contribution in [0.2, 0.25) is 0 Å². The van der Waals surface area contributed by atoms with E-state index in [1.807, 2.05) is 18.2 Å². The Labute approximate surface area is 192 Å². The highest BCUT2D eigenvalue weighted by Gasteiger charge is 2.30. The topological polar surface area (TPSA) is 86.0 Å². The van der Waals surface area contributed by atoms with Crippen LogP contribution < -0.4 is 11.1 Å². The van der Waals surface area contributed by atoms with Gasteiger partial charge in [0.05, 0.1) is 34.0 Å². The number of fused-ring (bicyclic) bond motifs is 1. The van der Waals surface area contributed by atoms with Crippen molar-refractivity contribution in [2.45, 2.75) is 25.2 Å². The molecule has 0 aliphatic carbocycles. The molecule has 172 valence electrons. The lowest BCUT2D eigenvalue weighted by molar-refractivity contribution is -0.137. The first-order valence-electron chi connectivity index (χ1n) is 10.2. The van der Waals surface area contributed by atoms with Crippen LogP contribution in [0.1, 0.15) is 16.8 Å². The van der Waals surface area contributed by atoms with Gasteiger partial charge in [0.15, 0.2) is 5.13 Å². The van der Waals surface area contributed by atoms with Crippen LogP contribution in [0.15, 0.2) is 54.9 Å². The molecule has 4 aromatic rings. The molecule has 0 saturated carbocycles. The van der Waals surface area contributed by atoms with Gasteiger partial charge in [-0.2, -0.15) is 13.2 Å². The van der Waals surface area contributed by atoms with Crippen molar-refractivity contribution < 1.29 is 17.9 Å². The van der Waals surface area contributed by atoms with Crippen molar-refractivity contribution in [3.63, 3.8) is 0 Å². The van der Waals surface area contributed by atoms with Crippen LogP contribution in [0.25, 0.3) is 21.5 Å². The van der Waals surface area contributed by atoms with Gasteiger partial charge in [0, 0.05) is 37.5 Å². The third kappa shape index (κ3) is 5.65. The molecule has 6 nitrogen and oxygen atoms in total. The number of hydrogen-bond donors (Lipinski definition) is 2. The third-order valence-electron chi connectivity index (χ3n) is 5.00. The molecule has 0 aliphatic rings. The molecule has 3 aromatic heterocycles. The summed E-state index contributed by atoms with van der Waals surface area (Å²) in [5.41, 5.74) is 8.68. The Bertz CT molecular complexity index is 1230. The van der Waals surface area contributed by atoms with Gasteiger partial charge in [-0.3, -0.25) is 4.98 Å². The van der Waals surface area contributed by atoms with E-state index in [1.54, 1.807) is 19.5 Å². The maximum absolute atomic E-state index is 12.7. The molecule has 1 unspecified atom stereocenters. The van der Waals surface area contributed by atoms with Gasteiger partial charge < -0.3 is 15.8 Å². The fourth-order valence-corrected chi connectivity index (χ4v) is 4.32. The molecule has 0 saturated heterocycles. The van der Waals surface area contributed by atoms with Crippen molar-refractivity contribution in [3.05, 3.63) is 71.7 Å². The smallest absolute Gasteiger partial charge is 0.378 e. The van der Waals surface area contributed by atoms with Gasteiger partial charge in [0.2, 0.25) is 0 Å². The van der Waals surface area contributed by atoms with Gasteiger partial charge in [-0.1, -0.05) is 23.5 Å². The number of alkyl halides is 3. The summed E-state index contributed by atoms with van der Waals surface area (Å²) in [4.78, 5) is 14.4. The number of methoxy groups -OCH3 is 1. The molecule has 0 bridgehead atoms. The van der Waals surface area contributed by atoms with Crippen LogP contribution in [-0.2, 0) is 23.9 Å². The summed E-state index contributed by atoms with van der Waals surface area (Å²) in [5, 5.41) is 4.86. The fraction of sp³-hybridized carbons (Fsp3) is 0.261. The Morgan fingerprint density at radius 1 is 1.09 bits per heavy atom. The zero-order chi connectivity index (χ0) is 23.4. The number of nitrogens with zero attached hydrogens (tertiary/aromatic N) is 3. The number of benzene rings is 1. The Kier molecular flexibility index (Phi) is 6.87. The maximum Gasteiger partial charge on any atom is 0.416 e. The summed E-state index contributed by atoms with van der Waals surface area (Å²) >= 11 is 1.45. The quantitative estimate of drug-likeness (QED) is 0.379. The summed E-state index contributed by atoms with van der Waals surface area (Å²) in [6.45, 7) is 0.748. The van der Waals surface area contributed by atoms with Crippen molar-refractivity contribution >= 4 is 27.4 Å². The number of rotatable bonds is 8. The lowest BCUT2D eigenvalue weighted by Gasteiger charge is -2.13. The largest absolute Gasteiger partial charge is 0.416 e. The fourth-order valence-electron chi connectivity index (χ4n) is 3.38. The van der Waals surface area contributed by atoms with Crippen molar-refractivity contribution in [1.29, 1.82) is 0 Å². The summed E-state index contributed by atoms with van der Waals surface area (Å²) in [5.74, 6) is 0. The maximum atomic E-state index is 12.7. The number of nitrogens with two attached hydrogens (primary N) is 1. The Hall–Kier alpha value is -3.08. The Balaban J connectivity index is 1.44. The lowest BCUT2D eigenvalue weighted by atomic mass is 10.0. The Morgan fingerprint density at radius 3 is 2.61 bits per heavy atom. The van der Waals surface area contributed by atoms with E-state index in [4.69, 9.17) is 15.5 Å². The first-order valence-corrected chi connectivity index (χ1v) is 11.0. The van der Waals surface area contributed by atoms with Gasteiger partial charge in [-0.05, 0) is 42.3 Å². The minimum atomic E-state index is -4.35. The summed E-state index contributed by atoms with van der Waals surface area (Å²) in [6.07, 6.45) is -0.442. The molecule has 3 heterocycles. The normalized spacial score (nSPS) is 12.8. The minimum Gasteiger partial charge on any atom is -0.378 e. The minimum absolute atomic E-state index is 0.300. The van der Waals surface area contributed by atoms with E-state index in [2.05, 4.69) is 15.3 Å². The molecule has 1 aromatic carbocycles. The molecule has 1 atom stereocenters. The molecule has 3 N–H and O–H groups in total. The van der Waals surface area contributed by atoms with Gasteiger partial charge in [0.1, 0.15) is 0 Å². The molecule has 10 heteroatoms. The molecule has 0 fully saturated rings. The molecule has 33 heavy (non-hydrogen) atoms. The highest BCUT2D eigenvalue weighted by Crippen LogP contribution is 2.33. The van der Waals surface area contributed by atoms with Gasteiger partial charge in [-0.15, -0.1) is 0 Å². The van der Waals surface area contributed by atoms with Gasteiger partial charge >= 0.3 is 6.18 Å². The molecule has 0 amide bonds. The molecule has 0 aliphatic heterocycles. The second-order valence-electron chi connectivity index (χ2n) is 7.53. The van der Waals surface area contributed by atoms with Gasteiger partial charge in [0.25, 0.3) is 0 Å². The number of thiazole rings is 1. The summed E-state index contributed by atoms with van der Waals surface area (Å²) < 4.78 is 43.5. The van der Waals surface area contributed by atoms with Crippen LogP contribution in [0, 0.1) is 0 Å². The van der Waals surface area contributed by atoms with Crippen LogP contribution in [0.5, 0.6) is 0 Å². The van der Waals surface area contributed by atoms with Crippen molar-refractivity contribution in [3.8, 4) is 10.6 Å². The van der Waals surface area contributed by atoms with E-state index in [1.165, 1.54) is 23.5 Å². The second kappa shape index (κ2) is 9.82. The van der Waals surface area contributed by atoms with Crippen molar-refractivity contribution in [2.75, 3.05) is 19.0 Å². The van der Waals surface area contributed by atoms with E-state index < -0.39 is 11.7 Å². The monoisotopic (exact) mass is 473 g/mol. The highest BCUT2D eigenvalue weighted by atomic mass is 32.1. The average molecular weight is 474 g/mol. The molecule has 4 rings (SSSR count). The van der Waals surface area contributed by atoms with Crippen LogP contribution in [0.3, 0.4) is 0 Å². The van der Waals surface area contributed by atoms with Crippen LogP contribution >= 0.6 is 11.3 Å². The van der Waals surface area contributed by atoms with E-state index >= 15 is 0 Å².